The molecular weight excluding hydrogens is 317 g/mol. The Morgan fingerprint density at radius 2 is 2.11 bits per heavy atom. The molecule has 2 aromatic rings. The Labute approximate surface area is 118 Å². The summed E-state index contributed by atoms with van der Waals surface area (Å²) in [5.41, 5.74) is 0.914. The maximum atomic E-state index is 11.4. The molecule has 0 aliphatic heterocycles. The van der Waals surface area contributed by atoms with E-state index in [1.54, 1.807) is 6.92 Å². The van der Waals surface area contributed by atoms with Crippen LogP contribution in [0.15, 0.2) is 10.5 Å². The van der Waals surface area contributed by atoms with Gasteiger partial charge in [0.15, 0.2) is 5.82 Å². The van der Waals surface area contributed by atoms with Crippen molar-refractivity contribution < 1.29 is 8.42 Å². The lowest BCUT2D eigenvalue weighted by molar-refractivity contribution is 0.583. The quantitative estimate of drug-likeness (QED) is 0.814. The first-order valence-electron chi connectivity index (χ1n) is 4.98. The number of nitrogens with zero attached hydrogens (tertiary/aromatic N) is 3. The summed E-state index contributed by atoms with van der Waals surface area (Å²) < 4.78 is 24.1. The largest absolute Gasteiger partial charge is 0.296 e. The molecule has 0 atom stereocenters. The smallest absolute Gasteiger partial charge is 0.296 e. The highest BCUT2D eigenvalue weighted by Gasteiger charge is 2.24. The second-order valence-electron chi connectivity index (χ2n) is 3.55. The molecule has 0 spiro atoms. The molecule has 0 bridgehead atoms. The number of thiophene rings is 1. The Morgan fingerprint density at radius 3 is 2.56 bits per heavy atom. The zero-order chi connectivity index (χ0) is 13.5. The molecule has 98 valence electrons. The predicted octanol–water partition coefficient (Wildman–Crippen LogP) is 2.92. The summed E-state index contributed by atoms with van der Waals surface area (Å²) in [6.45, 7) is 4.04. The monoisotopic (exact) mass is 325 g/mol. The second kappa shape index (κ2) is 4.80. The molecule has 5 nitrogen and oxygen atoms in total. The molecule has 2 heterocycles. The minimum absolute atomic E-state index is 0.260. The summed E-state index contributed by atoms with van der Waals surface area (Å²) in [6, 6.07) is 0. The fourth-order valence-electron chi connectivity index (χ4n) is 1.50. The standard InChI is InChI=1S/C9H9Cl2N3O2S2/c1-3-14-8(7-6(10)5(2)4-17-7)12-13-9(14)18(11,15)16/h4H,3H2,1-2H3. The molecule has 0 N–H and O–H groups in total. The molecule has 0 amide bonds. The van der Waals surface area contributed by atoms with Gasteiger partial charge in [0.1, 0.15) is 0 Å². The topological polar surface area (TPSA) is 64.8 Å². The number of hydrogen-bond acceptors (Lipinski definition) is 5. The van der Waals surface area contributed by atoms with Gasteiger partial charge in [0.2, 0.25) is 0 Å². The zero-order valence-corrected chi connectivity index (χ0v) is 12.7. The lowest BCUT2D eigenvalue weighted by Gasteiger charge is -2.04. The number of rotatable bonds is 3. The number of hydrogen-bond donors (Lipinski definition) is 0. The van der Waals surface area contributed by atoms with Gasteiger partial charge in [-0.1, -0.05) is 11.6 Å². The summed E-state index contributed by atoms with van der Waals surface area (Å²) in [5.74, 6) is 0.417. The predicted molar refractivity (Wildman–Crippen MR) is 71.8 cm³/mol. The van der Waals surface area contributed by atoms with Crippen LogP contribution >= 0.6 is 33.6 Å². The molecule has 0 fully saturated rings. The fourth-order valence-corrected chi connectivity index (χ4v) is 3.73. The van der Waals surface area contributed by atoms with Crippen LogP contribution in [0.25, 0.3) is 10.7 Å². The Balaban J connectivity index is 2.67. The van der Waals surface area contributed by atoms with E-state index in [1.807, 2.05) is 12.3 Å². The summed E-state index contributed by atoms with van der Waals surface area (Å²) in [7, 11) is 1.39. The van der Waals surface area contributed by atoms with E-state index in [-0.39, 0.29) is 5.16 Å². The molecule has 2 rings (SSSR count). The summed E-state index contributed by atoms with van der Waals surface area (Å²) in [5, 5.41) is 9.67. The molecule has 0 saturated heterocycles. The van der Waals surface area contributed by atoms with Gasteiger partial charge in [-0.05, 0) is 24.8 Å². The first-order valence-corrected chi connectivity index (χ1v) is 8.54. The van der Waals surface area contributed by atoms with Crippen LogP contribution in [0, 0.1) is 6.92 Å². The minimum Gasteiger partial charge on any atom is -0.296 e. The minimum atomic E-state index is -3.92. The molecule has 0 aromatic carbocycles. The van der Waals surface area contributed by atoms with Gasteiger partial charge in [0.25, 0.3) is 14.2 Å². The van der Waals surface area contributed by atoms with Gasteiger partial charge in [-0.15, -0.1) is 21.5 Å². The van der Waals surface area contributed by atoms with Gasteiger partial charge >= 0.3 is 0 Å². The van der Waals surface area contributed by atoms with Gasteiger partial charge < -0.3 is 0 Å². The van der Waals surface area contributed by atoms with Crippen molar-refractivity contribution in [2.24, 2.45) is 0 Å². The van der Waals surface area contributed by atoms with E-state index in [1.165, 1.54) is 15.9 Å². The van der Waals surface area contributed by atoms with E-state index in [2.05, 4.69) is 10.2 Å². The van der Waals surface area contributed by atoms with Crippen molar-refractivity contribution >= 4 is 42.7 Å². The lowest BCUT2D eigenvalue weighted by Crippen LogP contribution is -2.05. The van der Waals surface area contributed by atoms with E-state index in [9.17, 15) is 8.42 Å². The van der Waals surface area contributed by atoms with Crippen LogP contribution in [0.5, 0.6) is 0 Å². The average Bonchev–Trinajstić information content (AvgIpc) is 2.83. The summed E-state index contributed by atoms with van der Waals surface area (Å²) in [4.78, 5) is 0.690. The zero-order valence-electron chi connectivity index (χ0n) is 9.52. The van der Waals surface area contributed by atoms with Crippen molar-refractivity contribution in [2.45, 2.75) is 25.5 Å². The first-order chi connectivity index (χ1) is 8.36. The third-order valence-electron chi connectivity index (χ3n) is 2.35. The van der Waals surface area contributed by atoms with Crippen LogP contribution in [0.4, 0.5) is 0 Å². The van der Waals surface area contributed by atoms with Crippen LogP contribution < -0.4 is 0 Å². The maximum Gasteiger partial charge on any atom is 0.296 e. The van der Waals surface area contributed by atoms with Crippen molar-refractivity contribution in [3.8, 4) is 10.7 Å². The molecular formula is C9H9Cl2N3O2S2. The Bertz CT molecular complexity index is 691. The van der Waals surface area contributed by atoms with Crippen LogP contribution in [0.3, 0.4) is 0 Å². The van der Waals surface area contributed by atoms with Crippen LogP contribution in [-0.4, -0.2) is 23.2 Å². The fraction of sp³-hybridized carbons (Fsp3) is 0.333. The third kappa shape index (κ3) is 2.27. The van der Waals surface area contributed by atoms with Crippen molar-refractivity contribution in [1.82, 2.24) is 14.8 Å². The normalized spacial score (nSPS) is 12.0. The van der Waals surface area contributed by atoms with Crippen LogP contribution in [0.2, 0.25) is 5.02 Å². The molecule has 0 radical (unpaired) electrons. The van der Waals surface area contributed by atoms with Crippen molar-refractivity contribution in [1.29, 1.82) is 0 Å². The molecule has 0 saturated carbocycles. The lowest BCUT2D eigenvalue weighted by atomic mass is 10.3. The number of aryl methyl sites for hydroxylation is 1. The highest BCUT2D eigenvalue weighted by atomic mass is 35.7. The van der Waals surface area contributed by atoms with E-state index in [4.69, 9.17) is 22.3 Å². The summed E-state index contributed by atoms with van der Waals surface area (Å²) >= 11 is 7.53. The van der Waals surface area contributed by atoms with Crippen molar-refractivity contribution in [3.05, 3.63) is 16.0 Å². The van der Waals surface area contributed by atoms with Crippen LogP contribution in [-0.2, 0) is 15.6 Å². The SMILES string of the molecule is CCn1c(-c2scc(C)c2Cl)nnc1S(=O)(=O)Cl. The molecule has 18 heavy (non-hydrogen) atoms. The Hall–Kier alpha value is -0.630. The summed E-state index contributed by atoms with van der Waals surface area (Å²) in [6.07, 6.45) is 0. The van der Waals surface area contributed by atoms with Gasteiger partial charge in [-0.3, -0.25) is 4.57 Å². The average molecular weight is 326 g/mol. The van der Waals surface area contributed by atoms with E-state index in [0.717, 1.165) is 5.56 Å². The maximum absolute atomic E-state index is 11.4. The van der Waals surface area contributed by atoms with Gasteiger partial charge in [-0.2, -0.15) is 0 Å². The Kier molecular flexibility index (Phi) is 3.68. The van der Waals surface area contributed by atoms with E-state index >= 15 is 0 Å². The van der Waals surface area contributed by atoms with Crippen molar-refractivity contribution in [2.75, 3.05) is 0 Å². The van der Waals surface area contributed by atoms with E-state index < -0.39 is 9.05 Å². The Morgan fingerprint density at radius 1 is 1.44 bits per heavy atom. The molecule has 2 aromatic heterocycles. The molecule has 9 heteroatoms. The van der Waals surface area contributed by atoms with Gasteiger partial charge in [-0.25, -0.2) is 8.42 Å². The number of halogens is 2. The third-order valence-corrected chi connectivity index (χ3v) is 5.20. The molecule has 0 aliphatic carbocycles. The highest BCUT2D eigenvalue weighted by Crippen LogP contribution is 2.36. The number of aromatic nitrogens is 3. The van der Waals surface area contributed by atoms with Crippen LogP contribution in [0.1, 0.15) is 12.5 Å². The van der Waals surface area contributed by atoms with Gasteiger partial charge in [0, 0.05) is 17.2 Å². The first kappa shape index (κ1) is 13.8. The van der Waals surface area contributed by atoms with Gasteiger partial charge in [0.05, 0.1) is 9.90 Å². The molecule has 0 unspecified atom stereocenters. The van der Waals surface area contributed by atoms with E-state index in [0.29, 0.717) is 22.3 Å². The second-order valence-corrected chi connectivity index (χ2v) is 7.27. The van der Waals surface area contributed by atoms with Crippen molar-refractivity contribution in [3.63, 3.8) is 0 Å². The molecule has 0 aliphatic rings. The highest BCUT2D eigenvalue weighted by molar-refractivity contribution is 8.13.